The molecule has 2 N–H and O–H groups in total. The summed E-state index contributed by atoms with van der Waals surface area (Å²) in [7, 11) is 1.42. The van der Waals surface area contributed by atoms with E-state index in [1.54, 1.807) is 18.2 Å². The Bertz CT molecular complexity index is 1590. The summed E-state index contributed by atoms with van der Waals surface area (Å²) < 4.78 is 26.4. The Morgan fingerprint density at radius 2 is 1.95 bits per heavy atom. The molecule has 5 rings (SSSR count). The van der Waals surface area contributed by atoms with Crippen LogP contribution in [0.5, 0.6) is 5.75 Å². The standard InChI is InChI=1S/C30H31ClN3O6P/c1-19-11-20-5-4-6-27(31)26(20)17-34(3)28-14-21(7-8-22(28)16-33(19)2)30(35)32-15-25-13-23-12-24(9-10-29(23)40-25)38-18-39-41(36)37/h4-10,12-14,19H,11,15-18H2,1-3H3,(H-,32,35,36,37)/p+1. The monoisotopic (exact) mass is 596 g/mol. The van der Waals surface area contributed by atoms with Crippen LogP contribution in [-0.2, 0) is 35.1 Å². The van der Waals surface area contributed by atoms with Gasteiger partial charge in [-0.25, -0.2) is 0 Å². The third-order valence-electron chi connectivity index (χ3n) is 7.41. The van der Waals surface area contributed by atoms with E-state index in [4.69, 9.17) is 25.6 Å². The van der Waals surface area contributed by atoms with E-state index in [9.17, 15) is 9.36 Å². The minimum Gasteiger partial charge on any atom is -0.463 e. The van der Waals surface area contributed by atoms with Crippen LogP contribution in [0.4, 0.5) is 5.69 Å². The van der Waals surface area contributed by atoms with E-state index >= 15 is 0 Å². The molecule has 0 radical (unpaired) electrons. The molecule has 0 saturated carbocycles. The summed E-state index contributed by atoms with van der Waals surface area (Å²) in [5.74, 6) is 0.836. The molecule has 2 unspecified atom stereocenters. The molecule has 1 aliphatic rings. The molecule has 9 nitrogen and oxygen atoms in total. The van der Waals surface area contributed by atoms with E-state index in [1.165, 1.54) is 5.56 Å². The van der Waals surface area contributed by atoms with Crippen molar-refractivity contribution >= 4 is 42.4 Å². The Kier molecular flexibility index (Phi) is 8.92. The van der Waals surface area contributed by atoms with Crippen LogP contribution in [0.15, 0.2) is 65.1 Å². The smallest absolute Gasteiger partial charge is 0.463 e. The van der Waals surface area contributed by atoms with Crippen LogP contribution < -0.4 is 15.0 Å². The molecule has 1 amide bonds. The van der Waals surface area contributed by atoms with Crippen molar-refractivity contribution in [2.45, 2.75) is 39.0 Å². The van der Waals surface area contributed by atoms with E-state index in [-0.39, 0.29) is 19.2 Å². The van der Waals surface area contributed by atoms with E-state index < -0.39 is 8.25 Å². The number of benzene rings is 3. The van der Waals surface area contributed by atoms with E-state index in [0.717, 1.165) is 40.2 Å². The first-order valence-electron chi connectivity index (χ1n) is 13.2. The predicted octanol–water partition coefficient (Wildman–Crippen LogP) is 6.03. The molecule has 3 aromatic carbocycles. The largest absolute Gasteiger partial charge is 0.698 e. The molecule has 2 heterocycles. The van der Waals surface area contributed by atoms with Gasteiger partial charge in [-0.05, 0) is 79.5 Å². The van der Waals surface area contributed by atoms with Gasteiger partial charge >= 0.3 is 8.25 Å². The second-order valence-electron chi connectivity index (χ2n) is 10.3. The number of nitrogens with one attached hydrogen (secondary N) is 1. The summed E-state index contributed by atoms with van der Waals surface area (Å²) in [5, 5.41) is 4.48. The molecule has 4 aromatic rings. The number of anilines is 1. The van der Waals surface area contributed by atoms with Crippen LogP contribution in [0.3, 0.4) is 0 Å². The predicted molar refractivity (Wildman–Crippen MR) is 158 cm³/mol. The average molecular weight is 597 g/mol. The molecule has 1 aliphatic heterocycles. The number of nitrogens with zero attached hydrogens (tertiary/aromatic N) is 2. The molecular weight excluding hydrogens is 565 g/mol. The molecule has 11 heteroatoms. The molecule has 2 atom stereocenters. The lowest BCUT2D eigenvalue weighted by molar-refractivity contribution is 0.0948. The number of carbonyl (C=O) groups excluding carboxylic acids is 1. The number of likely N-dealkylation sites (N-methyl/N-ethyl adjacent to an activating group) is 1. The van der Waals surface area contributed by atoms with Crippen molar-refractivity contribution in [3.05, 3.63) is 93.7 Å². The van der Waals surface area contributed by atoms with Crippen molar-refractivity contribution < 1.29 is 27.9 Å². The van der Waals surface area contributed by atoms with E-state index in [0.29, 0.717) is 35.2 Å². The Hall–Kier alpha value is -3.46. The minimum atomic E-state index is -2.73. The first kappa shape index (κ1) is 29.0. The highest BCUT2D eigenvalue weighted by molar-refractivity contribution is 7.32. The van der Waals surface area contributed by atoms with Gasteiger partial charge in [-0.1, -0.05) is 34.3 Å². The van der Waals surface area contributed by atoms with Crippen LogP contribution in [-0.4, -0.2) is 42.6 Å². The first-order chi connectivity index (χ1) is 19.7. The van der Waals surface area contributed by atoms with Gasteiger partial charge in [0.15, 0.2) is 0 Å². The topological polar surface area (TPSA) is 104 Å². The summed E-state index contributed by atoms with van der Waals surface area (Å²) >= 11 is 6.65. The SMILES string of the molecule is CC1Cc2cccc(Cl)c2CN(C)c2cc(C(=O)NCc3cc4cc(OCO[P+](=O)O)ccc4o3)ccc2CN1C. The maximum atomic E-state index is 13.2. The molecule has 0 fully saturated rings. The lowest BCUT2D eigenvalue weighted by Crippen LogP contribution is -2.33. The number of fused-ring (bicyclic) bond motifs is 3. The molecule has 0 aliphatic carbocycles. The fourth-order valence-corrected chi connectivity index (χ4v) is 5.45. The summed E-state index contributed by atoms with van der Waals surface area (Å²) in [5.41, 5.74) is 5.64. The van der Waals surface area contributed by atoms with Gasteiger partial charge in [0.2, 0.25) is 6.79 Å². The maximum absolute atomic E-state index is 13.2. The van der Waals surface area contributed by atoms with Gasteiger partial charge in [-0.2, -0.15) is 0 Å². The van der Waals surface area contributed by atoms with Crippen LogP contribution in [0.1, 0.15) is 39.7 Å². The van der Waals surface area contributed by atoms with Crippen LogP contribution >= 0.6 is 19.9 Å². The van der Waals surface area contributed by atoms with Crippen molar-refractivity contribution in [2.75, 3.05) is 25.8 Å². The number of furan rings is 1. The van der Waals surface area contributed by atoms with Crippen molar-refractivity contribution in [1.82, 2.24) is 10.2 Å². The second-order valence-corrected chi connectivity index (χ2v) is 11.4. The zero-order valence-corrected chi connectivity index (χ0v) is 24.7. The molecular formula is C30H32ClN3O6P+. The molecule has 0 spiro atoms. The molecule has 1 aromatic heterocycles. The fraction of sp³-hybridized carbons (Fsp3) is 0.300. The van der Waals surface area contributed by atoms with Gasteiger partial charge in [-0.3, -0.25) is 9.69 Å². The van der Waals surface area contributed by atoms with Crippen LogP contribution in [0, 0.1) is 0 Å². The van der Waals surface area contributed by atoms with Crippen LogP contribution in [0.25, 0.3) is 11.0 Å². The fourth-order valence-electron chi connectivity index (χ4n) is 5.05. The van der Waals surface area contributed by atoms with Gasteiger partial charge in [0.05, 0.1) is 6.54 Å². The Balaban J connectivity index is 1.32. The van der Waals surface area contributed by atoms with E-state index in [1.807, 2.05) is 43.4 Å². The number of hydrogen-bond acceptors (Lipinski definition) is 7. The Morgan fingerprint density at radius 1 is 1.12 bits per heavy atom. The van der Waals surface area contributed by atoms with Gasteiger partial charge in [-0.15, -0.1) is 4.89 Å². The second kappa shape index (κ2) is 12.6. The quantitative estimate of drug-likeness (QED) is 0.197. The van der Waals surface area contributed by atoms with Gasteiger partial charge < -0.3 is 19.4 Å². The minimum absolute atomic E-state index is 0.202. The third-order valence-corrected chi connectivity index (χ3v) is 8.09. The molecule has 0 saturated heterocycles. The van der Waals surface area contributed by atoms with Crippen molar-refractivity contribution in [1.29, 1.82) is 0 Å². The number of halogens is 1. The Labute approximate surface area is 244 Å². The zero-order chi connectivity index (χ0) is 29.1. The molecule has 214 valence electrons. The average Bonchev–Trinajstić information content (AvgIpc) is 3.35. The molecule has 41 heavy (non-hydrogen) atoms. The summed E-state index contributed by atoms with van der Waals surface area (Å²) in [4.78, 5) is 26.4. The number of hydrogen-bond donors (Lipinski definition) is 2. The Morgan fingerprint density at radius 3 is 2.76 bits per heavy atom. The normalized spacial score (nSPS) is 16.2. The third kappa shape index (κ3) is 6.89. The number of amides is 1. The highest BCUT2D eigenvalue weighted by Crippen LogP contribution is 2.31. The van der Waals surface area contributed by atoms with Crippen LogP contribution in [0.2, 0.25) is 5.02 Å². The van der Waals surface area contributed by atoms with Gasteiger partial charge in [0.25, 0.3) is 5.91 Å². The molecule has 0 bridgehead atoms. The van der Waals surface area contributed by atoms with Crippen molar-refractivity contribution in [3.63, 3.8) is 0 Å². The van der Waals surface area contributed by atoms with Crippen molar-refractivity contribution in [2.24, 2.45) is 0 Å². The highest BCUT2D eigenvalue weighted by atomic mass is 35.5. The van der Waals surface area contributed by atoms with Gasteiger partial charge in [0.1, 0.15) is 17.1 Å². The zero-order valence-electron chi connectivity index (χ0n) is 23.1. The summed E-state index contributed by atoms with van der Waals surface area (Å²) in [6.07, 6.45) is 0.910. The number of carbonyl (C=O) groups is 1. The maximum Gasteiger partial charge on any atom is 0.698 e. The first-order valence-corrected chi connectivity index (χ1v) is 14.7. The number of rotatable bonds is 7. The number of ether oxygens (including phenoxy) is 1. The lowest BCUT2D eigenvalue weighted by atomic mass is 9.97. The van der Waals surface area contributed by atoms with E-state index in [2.05, 4.69) is 39.7 Å². The van der Waals surface area contributed by atoms with Gasteiger partial charge in [0, 0.05) is 52.4 Å². The highest BCUT2D eigenvalue weighted by Gasteiger charge is 2.22. The summed E-state index contributed by atoms with van der Waals surface area (Å²) in [6.45, 7) is 3.47. The lowest BCUT2D eigenvalue weighted by Gasteiger charge is -2.32. The van der Waals surface area contributed by atoms with Crippen molar-refractivity contribution in [3.8, 4) is 5.75 Å². The summed E-state index contributed by atoms with van der Waals surface area (Å²) in [6, 6.07) is 19.2.